The molecule has 6 heteroatoms. The molecule has 0 spiro atoms. The van der Waals surface area contributed by atoms with Crippen molar-refractivity contribution >= 4 is 27.7 Å². The van der Waals surface area contributed by atoms with E-state index in [2.05, 4.69) is 21.2 Å². The summed E-state index contributed by atoms with van der Waals surface area (Å²) >= 11 is 3.31. The van der Waals surface area contributed by atoms with E-state index in [9.17, 15) is 9.59 Å². The van der Waals surface area contributed by atoms with Gasteiger partial charge in [0.25, 0.3) is 5.91 Å². The number of rotatable bonds is 5. The highest BCUT2D eigenvalue weighted by molar-refractivity contribution is 9.10. The number of hydrogen-bond acceptors (Lipinski definition) is 3. The maximum Gasteiger partial charge on any atom is 0.251 e. The number of benzene rings is 1. The predicted molar refractivity (Wildman–Crippen MR) is 86.4 cm³/mol. The Bertz CT molecular complexity index is 655. The van der Waals surface area contributed by atoms with Gasteiger partial charge in [-0.2, -0.15) is 0 Å². The van der Waals surface area contributed by atoms with Gasteiger partial charge in [-0.3, -0.25) is 9.59 Å². The van der Waals surface area contributed by atoms with E-state index >= 15 is 0 Å². The molecule has 2 rings (SSSR count). The third-order valence-electron chi connectivity index (χ3n) is 3.42. The van der Waals surface area contributed by atoms with Crippen molar-refractivity contribution in [3.63, 3.8) is 0 Å². The van der Waals surface area contributed by atoms with E-state index in [1.807, 2.05) is 19.1 Å². The molecule has 22 heavy (non-hydrogen) atoms. The second-order valence-electron chi connectivity index (χ2n) is 4.89. The summed E-state index contributed by atoms with van der Waals surface area (Å²) < 4.78 is 6.10. The monoisotopic (exact) mass is 364 g/mol. The summed E-state index contributed by atoms with van der Waals surface area (Å²) in [7, 11) is 1.68. The lowest BCUT2D eigenvalue weighted by Crippen LogP contribution is -2.39. The lowest BCUT2D eigenvalue weighted by molar-refractivity contribution is -0.131. The van der Waals surface area contributed by atoms with Gasteiger partial charge in [-0.15, -0.1) is 0 Å². The normalized spacial score (nSPS) is 11.8. The molecule has 1 aromatic heterocycles. The summed E-state index contributed by atoms with van der Waals surface area (Å²) in [5, 5.41) is 2.63. The fourth-order valence-corrected chi connectivity index (χ4v) is 2.35. The van der Waals surface area contributed by atoms with Crippen LogP contribution < -0.4 is 5.32 Å². The van der Waals surface area contributed by atoms with Gasteiger partial charge in [-0.25, -0.2) is 0 Å². The first-order chi connectivity index (χ1) is 10.5. The molecule has 5 nitrogen and oxygen atoms in total. The number of carbonyl (C=O) groups excluding carboxylic acids is 2. The smallest absolute Gasteiger partial charge is 0.251 e. The number of furan rings is 1. The first-order valence-electron chi connectivity index (χ1n) is 6.82. The van der Waals surface area contributed by atoms with Gasteiger partial charge < -0.3 is 14.6 Å². The molecule has 116 valence electrons. The Balaban J connectivity index is 1.91. The predicted octanol–water partition coefficient (Wildman–Crippen LogP) is 2.99. The van der Waals surface area contributed by atoms with Crippen molar-refractivity contribution in [3.8, 4) is 0 Å². The summed E-state index contributed by atoms with van der Waals surface area (Å²) in [6, 6.07) is 10.4. The van der Waals surface area contributed by atoms with Gasteiger partial charge in [0.2, 0.25) is 5.91 Å². The van der Waals surface area contributed by atoms with Crippen LogP contribution in [0.15, 0.2) is 51.6 Å². The summed E-state index contributed by atoms with van der Waals surface area (Å²) in [6.07, 6.45) is 1.57. The van der Waals surface area contributed by atoms with Gasteiger partial charge in [0.05, 0.1) is 18.8 Å². The molecule has 1 aromatic carbocycles. The van der Waals surface area contributed by atoms with Crippen LogP contribution in [0.5, 0.6) is 0 Å². The van der Waals surface area contributed by atoms with Crippen molar-refractivity contribution < 1.29 is 14.0 Å². The standard InChI is InChI=1S/C16H17BrN2O3/c1-11(14-7-4-8-22-14)19(2)15(20)10-18-16(21)12-5-3-6-13(17)9-12/h3-9,11H,10H2,1-2H3,(H,18,21). The highest BCUT2D eigenvalue weighted by Gasteiger charge is 2.19. The van der Waals surface area contributed by atoms with E-state index in [1.165, 1.54) is 0 Å². The minimum absolute atomic E-state index is 0.0626. The largest absolute Gasteiger partial charge is 0.467 e. The average molecular weight is 365 g/mol. The zero-order valence-corrected chi connectivity index (χ0v) is 14.0. The topological polar surface area (TPSA) is 62.6 Å². The van der Waals surface area contributed by atoms with Gasteiger partial charge in [-0.1, -0.05) is 22.0 Å². The van der Waals surface area contributed by atoms with E-state index in [-0.39, 0.29) is 24.4 Å². The molecule has 0 saturated heterocycles. The van der Waals surface area contributed by atoms with Crippen molar-refractivity contribution in [2.24, 2.45) is 0 Å². The van der Waals surface area contributed by atoms with E-state index in [1.54, 1.807) is 42.5 Å². The Morgan fingerprint density at radius 3 is 2.73 bits per heavy atom. The molecule has 0 aliphatic carbocycles. The van der Waals surface area contributed by atoms with E-state index in [4.69, 9.17) is 4.42 Å². The molecule has 2 amide bonds. The molecular formula is C16H17BrN2O3. The van der Waals surface area contributed by atoms with Gasteiger partial charge in [0.1, 0.15) is 5.76 Å². The molecule has 1 unspecified atom stereocenters. The molecule has 0 bridgehead atoms. The van der Waals surface area contributed by atoms with Crippen LogP contribution in [0.4, 0.5) is 0 Å². The molecule has 0 saturated carbocycles. The summed E-state index contributed by atoms with van der Waals surface area (Å²) in [4.78, 5) is 25.7. The van der Waals surface area contributed by atoms with Crippen LogP contribution in [0.3, 0.4) is 0 Å². The number of nitrogens with one attached hydrogen (secondary N) is 1. The van der Waals surface area contributed by atoms with Crippen molar-refractivity contribution in [2.75, 3.05) is 13.6 Å². The molecular weight excluding hydrogens is 348 g/mol. The molecule has 1 N–H and O–H groups in total. The average Bonchev–Trinajstić information content (AvgIpc) is 3.05. The number of halogens is 1. The Hall–Kier alpha value is -2.08. The Morgan fingerprint density at radius 2 is 2.09 bits per heavy atom. The Kier molecular flexibility index (Phi) is 5.38. The highest BCUT2D eigenvalue weighted by atomic mass is 79.9. The minimum atomic E-state index is -0.284. The minimum Gasteiger partial charge on any atom is -0.467 e. The van der Waals surface area contributed by atoms with Crippen LogP contribution in [0.2, 0.25) is 0 Å². The summed E-state index contributed by atoms with van der Waals surface area (Å²) in [6.45, 7) is 1.81. The number of hydrogen-bond donors (Lipinski definition) is 1. The number of likely N-dealkylation sites (N-methyl/N-ethyl adjacent to an activating group) is 1. The van der Waals surface area contributed by atoms with Crippen LogP contribution in [-0.2, 0) is 4.79 Å². The van der Waals surface area contributed by atoms with Gasteiger partial charge in [0, 0.05) is 17.1 Å². The zero-order valence-electron chi connectivity index (χ0n) is 12.4. The van der Waals surface area contributed by atoms with Gasteiger partial charge in [-0.05, 0) is 37.3 Å². The van der Waals surface area contributed by atoms with Crippen molar-refractivity contribution in [1.82, 2.24) is 10.2 Å². The number of amides is 2. The molecule has 0 aliphatic heterocycles. The van der Waals surface area contributed by atoms with Crippen molar-refractivity contribution in [1.29, 1.82) is 0 Å². The number of carbonyl (C=O) groups is 2. The molecule has 2 aromatic rings. The fraction of sp³-hybridized carbons (Fsp3) is 0.250. The zero-order chi connectivity index (χ0) is 16.1. The van der Waals surface area contributed by atoms with Crippen LogP contribution in [0, 0.1) is 0 Å². The SMILES string of the molecule is CC(c1ccco1)N(C)C(=O)CNC(=O)c1cccc(Br)c1. The lowest BCUT2D eigenvalue weighted by Gasteiger charge is -2.23. The lowest BCUT2D eigenvalue weighted by atomic mass is 10.2. The third kappa shape index (κ3) is 3.98. The third-order valence-corrected chi connectivity index (χ3v) is 3.91. The van der Waals surface area contributed by atoms with E-state index in [0.717, 1.165) is 4.47 Å². The second-order valence-corrected chi connectivity index (χ2v) is 5.80. The maximum atomic E-state index is 12.1. The first-order valence-corrected chi connectivity index (χ1v) is 7.61. The summed E-state index contributed by atoms with van der Waals surface area (Å²) in [5.41, 5.74) is 0.504. The quantitative estimate of drug-likeness (QED) is 0.886. The van der Waals surface area contributed by atoms with Crippen LogP contribution in [0.25, 0.3) is 0 Å². The molecule has 0 radical (unpaired) electrons. The number of nitrogens with zero attached hydrogens (tertiary/aromatic N) is 1. The first kappa shape index (κ1) is 16.3. The molecule has 0 fully saturated rings. The van der Waals surface area contributed by atoms with Crippen LogP contribution in [0.1, 0.15) is 29.1 Å². The Labute approximate surface area is 137 Å². The molecule has 1 heterocycles. The van der Waals surface area contributed by atoms with Gasteiger partial charge >= 0.3 is 0 Å². The summed E-state index contributed by atoms with van der Waals surface area (Å²) in [5.74, 6) is 0.232. The maximum absolute atomic E-state index is 12.1. The van der Waals surface area contributed by atoms with E-state index < -0.39 is 0 Å². The fourth-order valence-electron chi connectivity index (χ4n) is 1.95. The van der Waals surface area contributed by atoms with Crippen molar-refractivity contribution in [3.05, 3.63) is 58.5 Å². The highest BCUT2D eigenvalue weighted by Crippen LogP contribution is 2.18. The van der Waals surface area contributed by atoms with E-state index in [0.29, 0.717) is 11.3 Å². The van der Waals surface area contributed by atoms with Crippen LogP contribution >= 0.6 is 15.9 Å². The second kappa shape index (κ2) is 7.26. The van der Waals surface area contributed by atoms with Gasteiger partial charge in [0.15, 0.2) is 0 Å². The molecule has 1 atom stereocenters. The van der Waals surface area contributed by atoms with Crippen molar-refractivity contribution in [2.45, 2.75) is 13.0 Å². The Morgan fingerprint density at radius 1 is 1.32 bits per heavy atom. The van der Waals surface area contributed by atoms with Crippen LogP contribution in [-0.4, -0.2) is 30.3 Å². The molecule has 0 aliphatic rings.